The maximum absolute atomic E-state index is 12.8. The number of ether oxygens (including phenoxy) is 1. The number of benzene rings is 1. The Hall–Kier alpha value is -2.23. The van der Waals surface area contributed by atoms with E-state index in [-0.39, 0.29) is 28.8 Å². The van der Waals surface area contributed by atoms with Gasteiger partial charge in [0.25, 0.3) is 5.91 Å². The van der Waals surface area contributed by atoms with Crippen LogP contribution in [0, 0.1) is 5.92 Å². The molecule has 9 heteroatoms. The highest BCUT2D eigenvalue weighted by molar-refractivity contribution is 7.89. The third kappa shape index (κ3) is 4.12. The van der Waals surface area contributed by atoms with Crippen LogP contribution in [0.5, 0.6) is 0 Å². The normalized spacial score (nSPS) is 18.1. The molecule has 0 spiro atoms. The van der Waals surface area contributed by atoms with Gasteiger partial charge in [0, 0.05) is 31.8 Å². The number of nitrogens with one attached hydrogen (secondary N) is 1. The van der Waals surface area contributed by atoms with E-state index in [1.807, 2.05) is 0 Å². The molecule has 2 aromatic rings. The van der Waals surface area contributed by atoms with Gasteiger partial charge >= 0.3 is 0 Å². The first-order valence-corrected chi connectivity index (χ1v) is 9.71. The average molecular weight is 379 g/mol. The summed E-state index contributed by atoms with van der Waals surface area (Å²) in [6, 6.07) is 7.70. The molecule has 140 valence electrons. The lowest BCUT2D eigenvalue weighted by atomic mass is 10.1. The molecule has 1 aromatic heterocycles. The lowest BCUT2D eigenvalue weighted by Gasteiger charge is -2.17. The third-order valence-corrected chi connectivity index (χ3v) is 6.17. The molecule has 1 aliphatic rings. The number of hydrogen-bond donors (Lipinski definition) is 1. The van der Waals surface area contributed by atoms with Gasteiger partial charge in [-0.25, -0.2) is 8.42 Å². The molecule has 0 aliphatic carbocycles. The highest BCUT2D eigenvalue weighted by Crippen LogP contribution is 2.25. The third-order valence-electron chi connectivity index (χ3n) is 4.31. The first-order chi connectivity index (χ1) is 12.5. The van der Waals surface area contributed by atoms with Gasteiger partial charge in [-0.15, -0.1) is 0 Å². The smallest absolute Gasteiger partial charge is 0.251 e. The second-order valence-corrected chi connectivity index (χ2v) is 8.11. The van der Waals surface area contributed by atoms with Gasteiger partial charge in [0.15, 0.2) is 0 Å². The Labute approximate surface area is 152 Å². The minimum Gasteiger partial charge on any atom is -0.384 e. The Balaban J connectivity index is 1.71. The van der Waals surface area contributed by atoms with E-state index in [1.165, 1.54) is 22.7 Å². The molecule has 0 saturated carbocycles. The number of carbonyl (C=O) groups excluding carboxylic acids is 1. The number of sulfonamides is 1. The summed E-state index contributed by atoms with van der Waals surface area (Å²) in [5.41, 5.74) is 0.866. The van der Waals surface area contributed by atoms with E-state index in [0.717, 1.165) is 6.42 Å². The molecule has 8 nitrogen and oxygen atoms in total. The fourth-order valence-corrected chi connectivity index (χ4v) is 4.51. The summed E-state index contributed by atoms with van der Waals surface area (Å²) in [7, 11) is -2.02. The van der Waals surface area contributed by atoms with E-state index in [0.29, 0.717) is 25.4 Å². The van der Waals surface area contributed by atoms with Crippen LogP contribution in [0.25, 0.3) is 0 Å². The molecule has 1 saturated heterocycles. The van der Waals surface area contributed by atoms with E-state index < -0.39 is 10.0 Å². The lowest BCUT2D eigenvalue weighted by Crippen LogP contribution is -2.30. The van der Waals surface area contributed by atoms with Crippen LogP contribution in [-0.4, -0.2) is 50.6 Å². The van der Waals surface area contributed by atoms with Crippen LogP contribution in [0.3, 0.4) is 0 Å². The van der Waals surface area contributed by atoms with Crippen LogP contribution in [0.4, 0.5) is 0 Å². The van der Waals surface area contributed by atoms with Crippen LogP contribution in [-0.2, 0) is 21.3 Å². The average Bonchev–Trinajstić information content (AvgIpc) is 3.32. The van der Waals surface area contributed by atoms with Crippen molar-refractivity contribution in [3.05, 3.63) is 47.9 Å². The molecule has 1 amide bonds. The van der Waals surface area contributed by atoms with Crippen LogP contribution in [0.15, 0.2) is 46.0 Å². The number of methoxy groups -OCH3 is 1. The summed E-state index contributed by atoms with van der Waals surface area (Å²) < 4.78 is 36.9. The Morgan fingerprint density at radius 3 is 3.00 bits per heavy atom. The van der Waals surface area contributed by atoms with E-state index in [4.69, 9.17) is 9.26 Å². The van der Waals surface area contributed by atoms with Crippen molar-refractivity contribution in [1.82, 2.24) is 14.8 Å². The molecule has 3 rings (SSSR count). The van der Waals surface area contributed by atoms with Gasteiger partial charge in [-0.3, -0.25) is 4.79 Å². The van der Waals surface area contributed by atoms with E-state index in [1.54, 1.807) is 25.3 Å². The number of aromatic nitrogens is 1. The van der Waals surface area contributed by atoms with Crippen LogP contribution in [0.2, 0.25) is 0 Å². The molecule has 1 N–H and O–H groups in total. The maximum atomic E-state index is 12.8. The van der Waals surface area contributed by atoms with Crippen LogP contribution >= 0.6 is 0 Å². The number of amides is 1. The summed E-state index contributed by atoms with van der Waals surface area (Å²) in [5.74, 6) is -0.174. The Morgan fingerprint density at radius 1 is 1.42 bits per heavy atom. The zero-order valence-electron chi connectivity index (χ0n) is 14.4. The van der Waals surface area contributed by atoms with Gasteiger partial charge < -0.3 is 14.6 Å². The van der Waals surface area contributed by atoms with Crippen molar-refractivity contribution in [3.63, 3.8) is 0 Å². The quantitative estimate of drug-likeness (QED) is 0.777. The monoisotopic (exact) mass is 379 g/mol. The van der Waals surface area contributed by atoms with Crippen molar-refractivity contribution in [2.45, 2.75) is 17.9 Å². The van der Waals surface area contributed by atoms with E-state index in [9.17, 15) is 13.2 Å². The lowest BCUT2D eigenvalue weighted by molar-refractivity contribution is 0.0950. The highest BCUT2D eigenvalue weighted by Gasteiger charge is 2.32. The summed E-state index contributed by atoms with van der Waals surface area (Å²) in [6.45, 7) is 1.63. The fraction of sp³-hybridized carbons (Fsp3) is 0.412. The molecule has 1 fully saturated rings. The van der Waals surface area contributed by atoms with E-state index in [2.05, 4.69) is 10.5 Å². The molecule has 1 aliphatic heterocycles. The second kappa shape index (κ2) is 7.98. The maximum Gasteiger partial charge on any atom is 0.251 e. The Bertz CT molecular complexity index is 851. The number of hydrogen-bond acceptors (Lipinski definition) is 6. The van der Waals surface area contributed by atoms with Crippen LogP contribution in [0.1, 0.15) is 22.5 Å². The van der Waals surface area contributed by atoms with Crippen molar-refractivity contribution < 1.29 is 22.5 Å². The highest BCUT2D eigenvalue weighted by atomic mass is 32.2. The minimum atomic E-state index is -3.63. The standard InChI is InChI=1S/C17H21N3O5S/c1-24-12-13-5-7-20(11-13)26(22,23)16-4-2-3-14(9-16)17(21)18-10-15-6-8-25-19-15/h2-4,6,8-9,13H,5,7,10-12H2,1H3,(H,18,21)/t13-/m0/s1. The summed E-state index contributed by atoms with van der Waals surface area (Å²) in [4.78, 5) is 12.4. The second-order valence-electron chi connectivity index (χ2n) is 6.17. The fourth-order valence-electron chi connectivity index (χ4n) is 2.94. The van der Waals surface area contributed by atoms with Gasteiger partial charge in [0.2, 0.25) is 10.0 Å². The zero-order chi connectivity index (χ0) is 18.6. The topological polar surface area (TPSA) is 102 Å². The molecule has 2 heterocycles. The van der Waals surface area contributed by atoms with E-state index >= 15 is 0 Å². The summed E-state index contributed by atoms with van der Waals surface area (Å²) in [5, 5.41) is 6.40. The van der Waals surface area contributed by atoms with Crippen molar-refractivity contribution in [2.75, 3.05) is 26.8 Å². The van der Waals surface area contributed by atoms with Crippen molar-refractivity contribution in [1.29, 1.82) is 0 Å². The molecule has 0 unspecified atom stereocenters. The van der Waals surface area contributed by atoms with Gasteiger partial charge in [-0.2, -0.15) is 4.31 Å². The molecule has 1 atom stereocenters. The van der Waals surface area contributed by atoms with Crippen molar-refractivity contribution in [2.24, 2.45) is 5.92 Å². The predicted octanol–water partition coefficient (Wildman–Crippen LogP) is 1.26. The summed E-state index contributed by atoms with van der Waals surface area (Å²) >= 11 is 0. The molecule has 1 aromatic carbocycles. The van der Waals surface area contributed by atoms with Gasteiger partial charge in [-0.1, -0.05) is 11.2 Å². The molecular formula is C17H21N3O5S. The molecule has 0 radical (unpaired) electrons. The van der Waals surface area contributed by atoms with Gasteiger partial charge in [-0.05, 0) is 30.5 Å². The zero-order valence-corrected chi connectivity index (χ0v) is 15.2. The number of nitrogens with zero attached hydrogens (tertiary/aromatic N) is 2. The Kier molecular flexibility index (Phi) is 5.70. The van der Waals surface area contributed by atoms with Gasteiger partial charge in [0.1, 0.15) is 12.0 Å². The largest absolute Gasteiger partial charge is 0.384 e. The number of carbonyl (C=O) groups is 1. The Morgan fingerprint density at radius 2 is 2.27 bits per heavy atom. The van der Waals surface area contributed by atoms with Crippen molar-refractivity contribution in [3.8, 4) is 0 Å². The molecule has 0 bridgehead atoms. The predicted molar refractivity (Wildman–Crippen MR) is 92.9 cm³/mol. The van der Waals surface area contributed by atoms with Crippen molar-refractivity contribution >= 4 is 15.9 Å². The number of rotatable bonds is 7. The first-order valence-electron chi connectivity index (χ1n) is 8.27. The first kappa shape index (κ1) is 18.6. The SMILES string of the molecule is COC[C@H]1CCN(S(=O)(=O)c2cccc(C(=O)NCc3ccon3)c2)C1. The summed E-state index contributed by atoms with van der Waals surface area (Å²) in [6.07, 6.45) is 2.19. The van der Waals surface area contributed by atoms with Crippen LogP contribution < -0.4 is 5.32 Å². The minimum absolute atomic E-state index is 0.115. The molecule has 26 heavy (non-hydrogen) atoms. The van der Waals surface area contributed by atoms with Gasteiger partial charge in [0.05, 0.1) is 18.0 Å². The molecular weight excluding hydrogens is 358 g/mol.